The van der Waals surface area contributed by atoms with Crippen LogP contribution in [-0.4, -0.2) is 24.9 Å². The highest BCUT2D eigenvalue weighted by molar-refractivity contribution is 7.89. The third-order valence-corrected chi connectivity index (χ3v) is 4.68. The molecule has 124 valence electrons. The van der Waals surface area contributed by atoms with Gasteiger partial charge in [-0.15, -0.1) is 0 Å². The van der Waals surface area contributed by atoms with Crippen LogP contribution in [0.1, 0.15) is 11.1 Å². The molecule has 0 fully saturated rings. The molecule has 0 saturated carbocycles. The zero-order valence-electron chi connectivity index (χ0n) is 13.2. The second-order valence-electron chi connectivity index (χ2n) is 5.61. The second-order valence-corrected chi connectivity index (χ2v) is 7.17. The largest absolute Gasteiger partial charge is 0.369 e. The maximum atomic E-state index is 11.2. The summed E-state index contributed by atoms with van der Waals surface area (Å²) < 4.78 is 22.5. The first-order valence-corrected chi connectivity index (χ1v) is 9.05. The van der Waals surface area contributed by atoms with E-state index in [2.05, 4.69) is 21.4 Å². The van der Waals surface area contributed by atoms with Gasteiger partial charge in [-0.3, -0.25) is 0 Å². The molecule has 0 aliphatic carbocycles. The number of aryl methyl sites for hydroxylation is 1. The molecule has 0 spiro atoms. The SMILES string of the molecule is Cc1ccc2ncnc(NCCc3ccc(S(N)(=O)=O)cc3)c2c1. The van der Waals surface area contributed by atoms with Crippen LogP contribution in [0.25, 0.3) is 10.9 Å². The summed E-state index contributed by atoms with van der Waals surface area (Å²) in [5, 5.41) is 9.40. The van der Waals surface area contributed by atoms with Crippen molar-refractivity contribution in [3.05, 3.63) is 59.9 Å². The highest BCUT2D eigenvalue weighted by atomic mass is 32.2. The molecule has 0 saturated heterocycles. The van der Waals surface area contributed by atoms with Crippen LogP contribution in [0.5, 0.6) is 0 Å². The highest BCUT2D eigenvalue weighted by Gasteiger charge is 2.07. The van der Waals surface area contributed by atoms with Crippen molar-refractivity contribution < 1.29 is 8.42 Å². The Morgan fingerprint density at radius 1 is 1.08 bits per heavy atom. The zero-order valence-corrected chi connectivity index (χ0v) is 14.0. The molecule has 0 atom stereocenters. The third-order valence-electron chi connectivity index (χ3n) is 3.75. The monoisotopic (exact) mass is 342 g/mol. The van der Waals surface area contributed by atoms with Crippen molar-refractivity contribution in [2.24, 2.45) is 5.14 Å². The molecule has 0 amide bonds. The molecule has 3 rings (SSSR count). The molecule has 2 aromatic carbocycles. The van der Waals surface area contributed by atoms with Gasteiger partial charge < -0.3 is 5.32 Å². The molecule has 0 bridgehead atoms. The molecule has 0 radical (unpaired) electrons. The minimum Gasteiger partial charge on any atom is -0.369 e. The van der Waals surface area contributed by atoms with E-state index in [1.165, 1.54) is 12.1 Å². The van der Waals surface area contributed by atoms with Crippen LogP contribution >= 0.6 is 0 Å². The first-order chi connectivity index (χ1) is 11.4. The van der Waals surface area contributed by atoms with Crippen molar-refractivity contribution in [3.63, 3.8) is 0 Å². The predicted octanol–water partition coefficient (Wildman–Crippen LogP) is 2.24. The number of primary sulfonamides is 1. The summed E-state index contributed by atoms with van der Waals surface area (Å²) in [5.41, 5.74) is 3.07. The lowest BCUT2D eigenvalue weighted by Crippen LogP contribution is -2.12. The van der Waals surface area contributed by atoms with Crippen LogP contribution in [0.3, 0.4) is 0 Å². The Hall–Kier alpha value is -2.51. The lowest BCUT2D eigenvalue weighted by molar-refractivity contribution is 0.598. The molecule has 6 nitrogen and oxygen atoms in total. The van der Waals surface area contributed by atoms with E-state index in [-0.39, 0.29) is 4.90 Å². The number of aromatic nitrogens is 2. The molecule has 3 N–H and O–H groups in total. The van der Waals surface area contributed by atoms with Crippen LogP contribution in [0.15, 0.2) is 53.7 Å². The molecule has 0 unspecified atom stereocenters. The number of benzene rings is 2. The number of anilines is 1. The summed E-state index contributed by atoms with van der Waals surface area (Å²) in [7, 11) is -3.64. The van der Waals surface area contributed by atoms with E-state index in [4.69, 9.17) is 5.14 Å². The Labute approximate surface area is 140 Å². The van der Waals surface area contributed by atoms with Gasteiger partial charge in [-0.05, 0) is 43.2 Å². The van der Waals surface area contributed by atoms with E-state index >= 15 is 0 Å². The third kappa shape index (κ3) is 3.69. The fourth-order valence-electron chi connectivity index (χ4n) is 2.48. The van der Waals surface area contributed by atoms with Crippen LogP contribution in [-0.2, 0) is 16.4 Å². The van der Waals surface area contributed by atoms with E-state index in [1.54, 1.807) is 18.5 Å². The van der Waals surface area contributed by atoms with E-state index in [1.807, 2.05) is 19.1 Å². The number of rotatable bonds is 5. The summed E-state index contributed by atoms with van der Waals surface area (Å²) in [5.74, 6) is 0.796. The Balaban J connectivity index is 1.70. The fourth-order valence-corrected chi connectivity index (χ4v) is 3.00. The number of hydrogen-bond donors (Lipinski definition) is 2. The summed E-state index contributed by atoms with van der Waals surface area (Å²) >= 11 is 0. The second kappa shape index (κ2) is 6.54. The molecule has 24 heavy (non-hydrogen) atoms. The molecule has 1 aromatic heterocycles. The number of nitrogens with two attached hydrogens (primary N) is 1. The lowest BCUT2D eigenvalue weighted by Gasteiger charge is -2.09. The Bertz CT molecular complexity index is 970. The first-order valence-electron chi connectivity index (χ1n) is 7.50. The van der Waals surface area contributed by atoms with Crippen molar-refractivity contribution in [1.82, 2.24) is 9.97 Å². The maximum absolute atomic E-state index is 11.2. The van der Waals surface area contributed by atoms with Gasteiger partial charge in [0.15, 0.2) is 0 Å². The number of sulfonamides is 1. The van der Waals surface area contributed by atoms with Gasteiger partial charge in [-0.2, -0.15) is 0 Å². The summed E-state index contributed by atoms with van der Waals surface area (Å²) in [4.78, 5) is 8.69. The summed E-state index contributed by atoms with van der Waals surface area (Å²) in [6, 6.07) is 12.6. The molecular formula is C17H18N4O2S. The summed E-state index contributed by atoms with van der Waals surface area (Å²) in [6.07, 6.45) is 2.28. The van der Waals surface area contributed by atoms with Crippen molar-refractivity contribution in [2.75, 3.05) is 11.9 Å². The number of nitrogens with zero attached hydrogens (tertiary/aromatic N) is 2. The van der Waals surface area contributed by atoms with Crippen LogP contribution in [0.4, 0.5) is 5.82 Å². The minimum atomic E-state index is -3.64. The van der Waals surface area contributed by atoms with Crippen molar-refractivity contribution >= 4 is 26.7 Å². The average molecular weight is 342 g/mol. The normalized spacial score (nSPS) is 11.6. The standard InChI is InChI=1S/C17H18N4O2S/c1-12-2-7-16-15(10-12)17(21-11-20-16)19-9-8-13-3-5-14(6-4-13)24(18,22)23/h2-7,10-11H,8-9H2,1H3,(H2,18,22,23)(H,19,20,21). The van der Waals surface area contributed by atoms with E-state index in [0.717, 1.165) is 34.3 Å². The Kier molecular flexibility index (Phi) is 4.46. The molecule has 0 aliphatic heterocycles. The number of nitrogens with one attached hydrogen (secondary N) is 1. The fraction of sp³-hybridized carbons (Fsp3) is 0.176. The lowest BCUT2D eigenvalue weighted by atomic mass is 10.1. The molecule has 3 aromatic rings. The van der Waals surface area contributed by atoms with Crippen LogP contribution in [0.2, 0.25) is 0 Å². The van der Waals surface area contributed by atoms with Gasteiger partial charge in [0.2, 0.25) is 10.0 Å². The highest BCUT2D eigenvalue weighted by Crippen LogP contribution is 2.20. The quantitative estimate of drug-likeness (QED) is 0.741. The van der Waals surface area contributed by atoms with Crippen LogP contribution < -0.4 is 10.5 Å². The summed E-state index contributed by atoms with van der Waals surface area (Å²) in [6.45, 7) is 2.71. The Morgan fingerprint density at radius 2 is 1.83 bits per heavy atom. The van der Waals surface area contributed by atoms with E-state index < -0.39 is 10.0 Å². The molecular weight excluding hydrogens is 324 g/mol. The maximum Gasteiger partial charge on any atom is 0.238 e. The topological polar surface area (TPSA) is 98.0 Å². The molecule has 7 heteroatoms. The van der Waals surface area contributed by atoms with Gasteiger partial charge >= 0.3 is 0 Å². The van der Waals surface area contributed by atoms with E-state index in [9.17, 15) is 8.42 Å². The van der Waals surface area contributed by atoms with Gasteiger partial charge in [0.05, 0.1) is 10.4 Å². The van der Waals surface area contributed by atoms with Crippen LogP contribution in [0, 0.1) is 6.92 Å². The van der Waals surface area contributed by atoms with Gasteiger partial charge in [0, 0.05) is 11.9 Å². The first kappa shape index (κ1) is 16.4. The van der Waals surface area contributed by atoms with Gasteiger partial charge in [-0.25, -0.2) is 23.5 Å². The van der Waals surface area contributed by atoms with Crippen molar-refractivity contribution in [3.8, 4) is 0 Å². The number of hydrogen-bond acceptors (Lipinski definition) is 5. The van der Waals surface area contributed by atoms with E-state index in [0.29, 0.717) is 6.54 Å². The van der Waals surface area contributed by atoms with Crippen molar-refractivity contribution in [1.29, 1.82) is 0 Å². The van der Waals surface area contributed by atoms with Crippen molar-refractivity contribution in [2.45, 2.75) is 18.2 Å². The smallest absolute Gasteiger partial charge is 0.238 e. The average Bonchev–Trinajstić information content (AvgIpc) is 2.55. The predicted molar refractivity (Wildman–Crippen MR) is 94.3 cm³/mol. The number of fused-ring (bicyclic) bond motifs is 1. The van der Waals surface area contributed by atoms with Gasteiger partial charge in [0.1, 0.15) is 12.1 Å². The van der Waals surface area contributed by atoms with Gasteiger partial charge in [-0.1, -0.05) is 23.8 Å². The van der Waals surface area contributed by atoms with Gasteiger partial charge in [0.25, 0.3) is 0 Å². The molecule has 1 heterocycles. The molecule has 0 aliphatic rings. The Morgan fingerprint density at radius 3 is 2.54 bits per heavy atom. The minimum absolute atomic E-state index is 0.122. The zero-order chi connectivity index (χ0) is 17.2.